The van der Waals surface area contributed by atoms with Crippen LogP contribution in [0.25, 0.3) is 0 Å². The van der Waals surface area contributed by atoms with Crippen LogP contribution in [0, 0.1) is 12.8 Å². The van der Waals surface area contributed by atoms with Crippen LogP contribution in [0.2, 0.25) is 0 Å². The maximum atomic E-state index is 12.8. The van der Waals surface area contributed by atoms with Crippen molar-refractivity contribution < 1.29 is 14.7 Å². The first-order chi connectivity index (χ1) is 11.5. The molecule has 2 aromatic rings. The van der Waals surface area contributed by atoms with E-state index < -0.39 is 11.9 Å². The number of nitrogens with zero attached hydrogens (tertiary/aromatic N) is 2. The summed E-state index contributed by atoms with van der Waals surface area (Å²) in [7, 11) is 0. The third kappa shape index (κ3) is 3.64. The summed E-state index contributed by atoms with van der Waals surface area (Å²) in [6.45, 7) is 2.75. The Morgan fingerprint density at radius 3 is 2.79 bits per heavy atom. The number of benzene rings is 1. The Balaban J connectivity index is 1.74. The highest BCUT2D eigenvalue weighted by atomic mass is 32.1. The molecule has 1 aliphatic heterocycles. The Hall–Kier alpha value is -2.21. The second kappa shape index (κ2) is 7.13. The monoisotopic (exact) mass is 344 g/mol. The van der Waals surface area contributed by atoms with Crippen molar-refractivity contribution in [1.29, 1.82) is 0 Å². The summed E-state index contributed by atoms with van der Waals surface area (Å²) in [6, 6.07) is 10.0. The van der Waals surface area contributed by atoms with Gasteiger partial charge in [-0.1, -0.05) is 30.3 Å². The second-order valence-corrected chi connectivity index (χ2v) is 7.20. The Kier molecular flexibility index (Phi) is 4.94. The summed E-state index contributed by atoms with van der Waals surface area (Å²) >= 11 is 1.42. The van der Waals surface area contributed by atoms with Gasteiger partial charge in [0.15, 0.2) is 0 Å². The fourth-order valence-electron chi connectivity index (χ4n) is 3.00. The zero-order chi connectivity index (χ0) is 17.1. The molecule has 0 aliphatic carbocycles. The first-order valence-corrected chi connectivity index (χ1v) is 8.88. The standard InChI is InChI=1S/C18H20N2O3S/c1-12-16(17(21)20-9-5-8-14(11-20)18(22)23)24-15(19-12)10-13-6-3-2-4-7-13/h2-4,6-7,14H,5,8-11H2,1H3,(H,22,23)/t14-/m0/s1. The zero-order valence-corrected chi connectivity index (χ0v) is 14.4. The van der Waals surface area contributed by atoms with Crippen molar-refractivity contribution in [2.24, 2.45) is 5.92 Å². The van der Waals surface area contributed by atoms with Crippen LogP contribution in [0.4, 0.5) is 0 Å². The molecule has 0 radical (unpaired) electrons. The second-order valence-electron chi connectivity index (χ2n) is 6.11. The lowest BCUT2D eigenvalue weighted by molar-refractivity contribution is -0.143. The molecule has 1 fully saturated rings. The molecule has 0 spiro atoms. The van der Waals surface area contributed by atoms with Gasteiger partial charge in [-0.25, -0.2) is 4.98 Å². The third-order valence-corrected chi connectivity index (χ3v) is 5.44. The lowest BCUT2D eigenvalue weighted by Gasteiger charge is -2.30. The largest absolute Gasteiger partial charge is 0.481 e. The molecule has 2 heterocycles. The molecule has 126 valence electrons. The molecule has 1 amide bonds. The van der Waals surface area contributed by atoms with E-state index in [9.17, 15) is 14.7 Å². The molecule has 1 aromatic heterocycles. The highest BCUT2D eigenvalue weighted by molar-refractivity contribution is 7.13. The van der Waals surface area contributed by atoms with E-state index in [4.69, 9.17) is 0 Å². The number of amides is 1. The van der Waals surface area contributed by atoms with Gasteiger partial charge in [0.05, 0.1) is 16.6 Å². The quantitative estimate of drug-likeness (QED) is 0.926. The van der Waals surface area contributed by atoms with E-state index in [0.29, 0.717) is 30.8 Å². The lowest BCUT2D eigenvalue weighted by atomic mass is 9.98. The molecule has 0 saturated carbocycles. The highest BCUT2D eigenvalue weighted by Crippen LogP contribution is 2.25. The molecular formula is C18H20N2O3S. The summed E-state index contributed by atoms with van der Waals surface area (Å²) < 4.78 is 0. The normalized spacial score (nSPS) is 17.7. The lowest BCUT2D eigenvalue weighted by Crippen LogP contribution is -2.42. The average molecular weight is 344 g/mol. The van der Waals surface area contributed by atoms with Crippen LogP contribution in [0.1, 0.15) is 38.8 Å². The van der Waals surface area contributed by atoms with Gasteiger partial charge in [-0.05, 0) is 25.3 Å². The minimum Gasteiger partial charge on any atom is -0.481 e. The van der Waals surface area contributed by atoms with Crippen molar-refractivity contribution in [2.45, 2.75) is 26.2 Å². The van der Waals surface area contributed by atoms with Gasteiger partial charge in [0.25, 0.3) is 5.91 Å². The summed E-state index contributed by atoms with van der Waals surface area (Å²) in [5.74, 6) is -1.37. The van der Waals surface area contributed by atoms with E-state index in [2.05, 4.69) is 4.98 Å². The predicted octanol–water partition coefficient (Wildman–Crippen LogP) is 2.98. The summed E-state index contributed by atoms with van der Waals surface area (Å²) in [4.78, 5) is 30.8. The molecule has 6 heteroatoms. The molecule has 5 nitrogen and oxygen atoms in total. The molecule has 1 aromatic carbocycles. The van der Waals surface area contributed by atoms with E-state index in [0.717, 1.165) is 22.7 Å². The Morgan fingerprint density at radius 1 is 1.33 bits per heavy atom. The molecule has 1 N–H and O–H groups in total. The van der Waals surface area contributed by atoms with E-state index in [-0.39, 0.29) is 5.91 Å². The van der Waals surface area contributed by atoms with Crippen LogP contribution >= 0.6 is 11.3 Å². The number of carbonyl (C=O) groups excluding carboxylic acids is 1. The van der Waals surface area contributed by atoms with E-state index in [1.165, 1.54) is 11.3 Å². The number of hydrogen-bond acceptors (Lipinski definition) is 4. The van der Waals surface area contributed by atoms with Crippen LogP contribution in [-0.4, -0.2) is 40.0 Å². The van der Waals surface area contributed by atoms with Gasteiger partial charge in [-0.2, -0.15) is 0 Å². The number of piperidine rings is 1. The predicted molar refractivity (Wildman–Crippen MR) is 92.4 cm³/mol. The smallest absolute Gasteiger partial charge is 0.308 e. The van der Waals surface area contributed by atoms with E-state index >= 15 is 0 Å². The number of aryl methyl sites for hydroxylation is 1. The molecule has 0 bridgehead atoms. The van der Waals surface area contributed by atoms with Crippen molar-refractivity contribution in [2.75, 3.05) is 13.1 Å². The van der Waals surface area contributed by atoms with Gasteiger partial charge in [0, 0.05) is 19.5 Å². The number of thiazole rings is 1. The molecular weight excluding hydrogens is 324 g/mol. The number of carbonyl (C=O) groups is 2. The maximum absolute atomic E-state index is 12.8. The first kappa shape index (κ1) is 16.6. The van der Waals surface area contributed by atoms with E-state index in [1.807, 2.05) is 37.3 Å². The van der Waals surface area contributed by atoms with Crippen LogP contribution < -0.4 is 0 Å². The fraction of sp³-hybridized carbons (Fsp3) is 0.389. The summed E-state index contributed by atoms with van der Waals surface area (Å²) in [5, 5.41) is 10.1. The van der Waals surface area contributed by atoms with Gasteiger partial charge in [-0.3, -0.25) is 9.59 Å². The molecule has 1 aliphatic rings. The van der Waals surface area contributed by atoms with Gasteiger partial charge in [-0.15, -0.1) is 11.3 Å². The van der Waals surface area contributed by atoms with Gasteiger partial charge in [0.1, 0.15) is 4.88 Å². The van der Waals surface area contributed by atoms with Crippen LogP contribution in [0.15, 0.2) is 30.3 Å². The van der Waals surface area contributed by atoms with Crippen molar-refractivity contribution >= 4 is 23.2 Å². The number of rotatable bonds is 4. The first-order valence-electron chi connectivity index (χ1n) is 8.07. The fourth-order valence-corrected chi connectivity index (χ4v) is 4.07. The van der Waals surface area contributed by atoms with Crippen LogP contribution in [-0.2, 0) is 11.2 Å². The van der Waals surface area contributed by atoms with Gasteiger partial charge >= 0.3 is 5.97 Å². The van der Waals surface area contributed by atoms with Gasteiger partial charge in [0.2, 0.25) is 0 Å². The number of hydrogen-bond donors (Lipinski definition) is 1. The number of carboxylic acids is 1. The van der Waals surface area contributed by atoms with Crippen LogP contribution in [0.5, 0.6) is 0 Å². The number of likely N-dealkylation sites (tertiary alicyclic amines) is 1. The molecule has 24 heavy (non-hydrogen) atoms. The van der Waals surface area contributed by atoms with Crippen molar-refractivity contribution in [3.8, 4) is 0 Å². The number of aliphatic carboxylic acids is 1. The molecule has 3 rings (SSSR count). The minimum atomic E-state index is -0.821. The molecule has 1 saturated heterocycles. The zero-order valence-electron chi connectivity index (χ0n) is 13.6. The minimum absolute atomic E-state index is 0.0877. The summed E-state index contributed by atoms with van der Waals surface area (Å²) in [6.07, 6.45) is 2.08. The Bertz CT molecular complexity index is 742. The highest BCUT2D eigenvalue weighted by Gasteiger charge is 2.30. The maximum Gasteiger partial charge on any atom is 0.308 e. The van der Waals surface area contributed by atoms with Crippen molar-refractivity contribution in [3.05, 3.63) is 51.5 Å². The van der Waals surface area contributed by atoms with E-state index in [1.54, 1.807) is 4.90 Å². The SMILES string of the molecule is Cc1nc(Cc2ccccc2)sc1C(=O)N1CCC[C@H](C(=O)O)C1. The number of aromatic nitrogens is 1. The Morgan fingerprint density at radius 2 is 2.08 bits per heavy atom. The molecule has 1 atom stereocenters. The third-order valence-electron chi connectivity index (χ3n) is 4.29. The van der Waals surface area contributed by atoms with Gasteiger partial charge < -0.3 is 10.0 Å². The molecule has 0 unspecified atom stereocenters. The summed E-state index contributed by atoms with van der Waals surface area (Å²) in [5.41, 5.74) is 1.89. The topological polar surface area (TPSA) is 70.5 Å². The number of carboxylic acid groups (broad SMARTS) is 1. The van der Waals surface area contributed by atoms with Crippen LogP contribution in [0.3, 0.4) is 0 Å². The van der Waals surface area contributed by atoms with Crippen molar-refractivity contribution in [1.82, 2.24) is 9.88 Å². The van der Waals surface area contributed by atoms with Crippen molar-refractivity contribution in [3.63, 3.8) is 0 Å². The average Bonchev–Trinajstić information content (AvgIpc) is 2.95. The Labute approximate surface area is 145 Å².